The molecule has 4 atom stereocenters. The van der Waals surface area contributed by atoms with Crippen LogP contribution in [0.3, 0.4) is 0 Å². The monoisotopic (exact) mass is 634 g/mol. The summed E-state index contributed by atoms with van der Waals surface area (Å²) in [6.07, 6.45) is -0.112. The van der Waals surface area contributed by atoms with E-state index >= 15 is 0 Å². The number of amides is 2. The fourth-order valence-electron chi connectivity index (χ4n) is 6.02. The van der Waals surface area contributed by atoms with Gasteiger partial charge >= 0.3 is 6.09 Å². The highest BCUT2D eigenvalue weighted by Crippen LogP contribution is 2.33. The highest BCUT2D eigenvalue weighted by atomic mass is 32.1. The SMILES string of the molecule is CN(C(=O)O)[C@H](C(=O)Nc1ccccc1CC[C@@H]1CNC[C@@H](C(S)c2cccc(C#N)c2)O1)C(c1ccccc1)c1ccccc1. The van der Waals surface area contributed by atoms with E-state index in [1.165, 1.54) is 7.05 Å². The molecule has 4 aromatic rings. The summed E-state index contributed by atoms with van der Waals surface area (Å²) in [6, 6.07) is 35.2. The van der Waals surface area contributed by atoms with Crippen molar-refractivity contribution < 1.29 is 19.4 Å². The number of anilines is 1. The van der Waals surface area contributed by atoms with Crippen LogP contribution < -0.4 is 10.6 Å². The molecule has 4 aromatic carbocycles. The number of ether oxygens (including phenoxy) is 1. The van der Waals surface area contributed by atoms with Crippen LogP contribution in [0.4, 0.5) is 10.5 Å². The molecular formula is C37H38N4O4S. The number of benzene rings is 4. The smallest absolute Gasteiger partial charge is 0.407 e. The fraction of sp³-hybridized carbons (Fsp3) is 0.270. The first-order valence-corrected chi connectivity index (χ1v) is 15.9. The van der Waals surface area contributed by atoms with E-state index in [2.05, 4.69) is 16.7 Å². The predicted octanol–water partition coefficient (Wildman–Crippen LogP) is 6.27. The molecule has 0 aliphatic carbocycles. The first-order valence-electron chi connectivity index (χ1n) is 15.3. The lowest BCUT2D eigenvalue weighted by molar-refractivity contribution is -0.120. The molecular weight excluding hydrogens is 596 g/mol. The van der Waals surface area contributed by atoms with Gasteiger partial charge < -0.3 is 20.5 Å². The molecule has 0 aromatic heterocycles. The molecule has 0 saturated carbocycles. The van der Waals surface area contributed by atoms with E-state index < -0.39 is 24.0 Å². The molecule has 9 heteroatoms. The van der Waals surface area contributed by atoms with Crippen molar-refractivity contribution in [2.24, 2.45) is 0 Å². The molecule has 1 saturated heterocycles. The number of carbonyl (C=O) groups is 2. The number of likely N-dealkylation sites (N-methyl/N-ethyl adjacent to an activating group) is 1. The van der Waals surface area contributed by atoms with Gasteiger partial charge in [-0.15, -0.1) is 0 Å². The van der Waals surface area contributed by atoms with Crippen molar-refractivity contribution in [1.29, 1.82) is 5.26 Å². The summed E-state index contributed by atoms with van der Waals surface area (Å²) in [5.74, 6) is -0.944. The lowest BCUT2D eigenvalue weighted by Gasteiger charge is -2.34. The Morgan fingerprint density at radius 2 is 1.59 bits per heavy atom. The molecule has 1 unspecified atom stereocenters. The van der Waals surface area contributed by atoms with Crippen LogP contribution in [0.15, 0.2) is 109 Å². The maximum Gasteiger partial charge on any atom is 0.407 e. The molecule has 0 spiro atoms. The standard InChI is InChI=1S/C37H38N4O4S/c1-41(37(43)44)34(33(27-13-4-2-5-14-27)28-15-6-3-7-16-28)36(42)40-31-18-9-8-12-26(31)19-20-30-23-39-24-32(45-30)35(46)29-17-10-11-25(21-29)22-38/h2-18,21,30,32-35,39,46H,19-20,23-24H2,1H3,(H,40,42)(H,43,44)/t30-,32+,34+,35?/m1/s1. The second-order valence-corrected chi connectivity index (χ2v) is 12.0. The van der Waals surface area contributed by atoms with E-state index in [4.69, 9.17) is 17.4 Å². The van der Waals surface area contributed by atoms with Crippen LogP contribution in [0.1, 0.15) is 45.4 Å². The van der Waals surface area contributed by atoms with Gasteiger partial charge in [0.15, 0.2) is 0 Å². The Morgan fingerprint density at radius 3 is 2.24 bits per heavy atom. The summed E-state index contributed by atoms with van der Waals surface area (Å²) in [6.45, 7) is 1.33. The molecule has 1 heterocycles. The van der Waals surface area contributed by atoms with Crippen molar-refractivity contribution in [3.63, 3.8) is 0 Å². The number of rotatable bonds is 11. The third-order valence-electron chi connectivity index (χ3n) is 8.43. The first kappa shape index (κ1) is 32.8. The average Bonchev–Trinajstić information content (AvgIpc) is 3.10. The number of para-hydroxylation sites is 1. The largest absolute Gasteiger partial charge is 0.465 e. The fourth-order valence-corrected chi connectivity index (χ4v) is 6.36. The van der Waals surface area contributed by atoms with E-state index in [0.717, 1.165) is 27.2 Å². The topological polar surface area (TPSA) is 115 Å². The first-order chi connectivity index (χ1) is 22.4. The van der Waals surface area contributed by atoms with Gasteiger partial charge in [0.2, 0.25) is 5.91 Å². The quantitative estimate of drug-likeness (QED) is 0.145. The average molecular weight is 635 g/mol. The third kappa shape index (κ3) is 7.96. The highest BCUT2D eigenvalue weighted by molar-refractivity contribution is 7.80. The minimum atomic E-state index is -1.19. The van der Waals surface area contributed by atoms with Crippen molar-refractivity contribution in [3.8, 4) is 6.07 Å². The van der Waals surface area contributed by atoms with Crippen LogP contribution in [-0.2, 0) is 16.0 Å². The summed E-state index contributed by atoms with van der Waals surface area (Å²) in [5, 5.41) is 25.7. The van der Waals surface area contributed by atoms with Gasteiger partial charge in [-0.3, -0.25) is 9.69 Å². The number of carboxylic acid groups (broad SMARTS) is 1. The summed E-state index contributed by atoms with van der Waals surface area (Å²) in [5.41, 5.74) is 4.77. The van der Waals surface area contributed by atoms with Crippen molar-refractivity contribution in [1.82, 2.24) is 10.2 Å². The van der Waals surface area contributed by atoms with Crippen molar-refractivity contribution in [3.05, 3.63) is 137 Å². The van der Waals surface area contributed by atoms with Crippen LogP contribution in [-0.4, -0.2) is 60.4 Å². The van der Waals surface area contributed by atoms with Crippen LogP contribution in [0.5, 0.6) is 0 Å². The molecule has 46 heavy (non-hydrogen) atoms. The van der Waals surface area contributed by atoms with E-state index in [1.807, 2.05) is 103 Å². The van der Waals surface area contributed by atoms with Crippen LogP contribution in [0.25, 0.3) is 0 Å². The number of nitrogens with zero attached hydrogens (tertiary/aromatic N) is 2. The number of hydrogen-bond donors (Lipinski definition) is 4. The van der Waals surface area contributed by atoms with Gasteiger partial charge in [-0.2, -0.15) is 17.9 Å². The predicted molar refractivity (Wildman–Crippen MR) is 182 cm³/mol. The normalized spacial score (nSPS) is 17.4. The van der Waals surface area contributed by atoms with Crippen LogP contribution in [0.2, 0.25) is 0 Å². The Kier molecular flexibility index (Phi) is 11.1. The minimum Gasteiger partial charge on any atom is -0.465 e. The second-order valence-electron chi connectivity index (χ2n) is 11.5. The lowest BCUT2D eigenvalue weighted by atomic mass is 9.84. The zero-order valence-electron chi connectivity index (χ0n) is 25.6. The Bertz CT molecular complexity index is 1620. The molecule has 0 radical (unpaired) electrons. The lowest BCUT2D eigenvalue weighted by Crippen LogP contribution is -2.48. The Hall–Kier alpha value is -4.62. The molecule has 1 aliphatic rings. The summed E-state index contributed by atoms with van der Waals surface area (Å²) in [4.78, 5) is 27.5. The molecule has 5 rings (SSSR count). The molecule has 2 amide bonds. The molecule has 236 valence electrons. The second kappa shape index (κ2) is 15.6. The Labute approximate surface area is 275 Å². The van der Waals surface area contributed by atoms with Gasteiger partial charge in [0.05, 0.1) is 29.1 Å². The maximum atomic E-state index is 14.1. The van der Waals surface area contributed by atoms with Gasteiger partial charge in [-0.05, 0) is 53.3 Å². The Balaban J connectivity index is 1.32. The van der Waals surface area contributed by atoms with Crippen molar-refractivity contribution >= 4 is 30.3 Å². The van der Waals surface area contributed by atoms with Crippen LogP contribution in [0, 0.1) is 11.3 Å². The van der Waals surface area contributed by atoms with Crippen molar-refractivity contribution in [2.75, 3.05) is 25.5 Å². The third-order valence-corrected chi connectivity index (χ3v) is 9.06. The molecule has 8 nitrogen and oxygen atoms in total. The number of hydrogen-bond acceptors (Lipinski definition) is 6. The summed E-state index contributed by atoms with van der Waals surface area (Å²) >= 11 is 4.83. The molecule has 0 bridgehead atoms. The minimum absolute atomic E-state index is 0.0808. The van der Waals surface area contributed by atoms with Crippen molar-refractivity contribution in [2.45, 2.75) is 42.3 Å². The molecule has 3 N–H and O–H groups in total. The molecule has 1 aliphatic heterocycles. The number of aryl methyl sites for hydroxylation is 1. The summed E-state index contributed by atoms with van der Waals surface area (Å²) in [7, 11) is 1.44. The van der Waals surface area contributed by atoms with Gasteiger partial charge in [0.25, 0.3) is 0 Å². The number of nitrogens with one attached hydrogen (secondary N) is 2. The van der Waals surface area contributed by atoms with E-state index in [9.17, 15) is 20.0 Å². The highest BCUT2D eigenvalue weighted by Gasteiger charge is 2.37. The van der Waals surface area contributed by atoms with Gasteiger partial charge in [-0.1, -0.05) is 91.0 Å². The maximum absolute atomic E-state index is 14.1. The van der Waals surface area contributed by atoms with Gasteiger partial charge in [0.1, 0.15) is 6.04 Å². The zero-order valence-corrected chi connectivity index (χ0v) is 26.5. The van der Waals surface area contributed by atoms with E-state index in [1.54, 1.807) is 6.07 Å². The van der Waals surface area contributed by atoms with E-state index in [-0.39, 0.29) is 17.5 Å². The zero-order chi connectivity index (χ0) is 32.5. The number of carbonyl (C=O) groups excluding carboxylic acids is 1. The van der Waals surface area contributed by atoms with Gasteiger partial charge in [-0.25, -0.2) is 4.79 Å². The summed E-state index contributed by atoms with van der Waals surface area (Å²) < 4.78 is 6.46. The number of nitriles is 1. The molecule has 1 fully saturated rings. The van der Waals surface area contributed by atoms with Crippen LogP contribution >= 0.6 is 12.6 Å². The Morgan fingerprint density at radius 1 is 0.957 bits per heavy atom. The van der Waals surface area contributed by atoms with E-state index in [0.29, 0.717) is 37.2 Å². The van der Waals surface area contributed by atoms with Gasteiger partial charge in [0, 0.05) is 31.7 Å². The number of morpholine rings is 1. The number of thiol groups is 1.